The molecule has 0 fully saturated rings. The van der Waals surface area contributed by atoms with Gasteiger partial charge in [-0.2, -0.15) is 0 Å². The van der Waals surface area contributed by atoms with Crippen molar-refractivity contribution >= 4 is 15.9 Å². The van der Waals surface area contributed by atoms with E-state index < -0.39 is 0 Å². The zero-order chi connectivity index (χ0) is 19.9. The van der Waals surface area contributed by atoms with Gasteiger partial charge in [0.1, 0.15) is 12.4 Å². The monoisotopic (exact) mass is 443 g/mol. The lowest BCUT2D eigenvalue weighted by molar-refractivity contribution is 0.277. The van der Waals surface area contributed by atoms with Crippen molar-refractivity contribution in [3.05, 3.63) is 93.2 Å². The Morgan fingerprint density at radius 2 is 1.68 bits per heavy atom. The van der Waals surface area contributed by atoms with E-state index in [2.05, 4.69) is 52.4 Å². The van der Waals surface area contributed by atoms with Gasteiger partial charge in [0.2, 0.25) is 0 Å². The topological polar surface area (TPSA) is 30.5 Å². The van der Waals surface area contributed by atoms with Crippen LogP contribution in [0.5, 0.6) is 11.5 Å². The Hall–Kier alpha value is -2.37. The molecule has 0 saturated heterocycles. The molecule has 5 heteroatoms. The van der Waals surface area contributed by atoms with Crippen molar-refractivity contribution in [2.45, 2.75) is 26.6 Å². The lowest BCUT2D eigenvalue weighted by Gasteiger charge is -2.15. The molecule has 0 radical (unpaired) electrons. The highest BCUT2D eigenvalue weighted by Gasteiger charge is 2.13. The molecule has 0 aliphatic carbocycles. The van der Waals surface area contributed by atoms with Crippen LogP contribution in [0.25, 0.3) is 0 Å². The van der Waals surface area contributed by atoms with Crippen molar-refractivity contribution in [2.75, 3.05) is 7.11 Å². The summed E-state index contributed by atoms with van der Waals surface area (Å²) in [5.74, 6) is 0.889. The lowest BCUT2D eigenvalue weighted by atomic mass is 10.1. The molecule has 0 aliphatic rings. The number of rotatable bonds is 8. The van der Waals surface area contributed by atoms with E-state index in [1.807, 2.05) is 12.1 Å². The Bertz CT molecular complexity index is 928. The number of nitrogens with one attached hydrogen (secondary N) is 1. The molecule has 0 spiro atoms. The number of halogens is 2. The Balaban J connectivity index is 1.65. The maximum absolute atomic E-state index is 13.8. The van der Waals surface area contributed by atoms with Gasteiger partial charge in [-0.25, -0.2) is 4.39 Å². The molecule has 0 unspecified atom stereocenters. The van der Waals surface area contributed by atoms with Crippen LogP contribution in [-0.2, 0) is 19.7 Å². The molecule has 0 bridgehead atoms. The van der Waals surface area contributed by atoms with Crippen LogP contribution in [0, 0.1) is 12.7 Å². The summed E-state index contributed by atoms with van der Waals surface area (Å²) in [5, 5.41) is 3.43. The maximum atomic E-state index is 13.8. The zero-order valence-corrected chi connectivity index (χ0v) is 17.6. The van der Waals surface area contributed by atoms with Crippen LogP contribution in [0.3, 0.4) is 0 Å². The van der Waals surface area contributed by atoms with Crippen LogP contribution in [-0.4, -0.2) is 7.11 Å². The number of hydrogen-bond acceptors (Lipinski definition) is 3. The standard InChI is InChI=1S/C23H23BrFNO2/c1-16-7-9-17(10-8-16)13-26-14-18-11-20(24)23(22(12-18)27-2)28-15-19-5-3-4-6-21(19)25/h3-12,26H,13-15H2,1-2H3. The van der Waals surface area contributed by atoms with E-state index in [0.29, 0.717) is 23.6 Å². The average molecular weight is 444 g/mol. The van der Waals surface area contributed by atoms with Crippen LogP contribution >= 0.6 is 15.9 Å². The second-order valence-corrected chi connectivity index (χ2v) is 7.43. The van der Waals surface area contributed by atoms with Gasteiger partial charge < -0.3 is 14.8 Å². The Morgan fingerprint density at radius 3 is 2.39 bits per heavy atom. The zero-order valence-electron chi connectivity index (χ0n) is 16.0. The lowest BCUT2D eigenvalue weighted by Crippen LogP contribution is -2.13. The van der Waals surface area contributed by atoms with E-state index >= 15 is 0 Å². The molecule has 3 aromatic rings. The normalized spacial score (nSPS) is 10.7. The molecule has 3 nitrogen and oxygen atoms in total. The summed E-state index contributed by atoms with van der Waals surface area (Å²) < 4.78 is 25.9. The number of hydrogen-bond donors (Lipinski definition) is 1. The molecule has 1 N–H and O–H groups in total. The van der Waals surface area contributed by atoms with Crippen LogP contribution in [0.15, 0.2) is 65.1 Å². The first-order valence-corrected chi connectivity index (χ1v) is 9.85. The highest BCUT2D eigenvalue weighted by atomic mass is 79.9. The van der Waals surface area contributed by atoms with Crippen molar-refractivity contribution < 1.29 is 13.9 Å². The molecule has 0 heterocycles. The van der Waals surface area contributed by atoms with E-state index in [-0.39, 0.29) is 12.4 Å². The van der Waals surface area contributed by atoms with Crippen LogP contribution in [0.1, 0.15) is 22.3 Å². The SMILES string of the molecule is COc1cc(CNCc2ccc(C)cc2)cc(Br)c1OCc1ccccc1F. The molecule has 0 saturated carbocycles. The Kier molecular flexibility index (Phi) is 7.06. The molecule has 0 atom stereocenters. The highest BCUT2D eigenvalue weighted by Crippen LogP contribution is 2.37. The van der Waals surface area contributed by atoms with Gasteiger partial charge in [0, 0.05) is 18.7 Å². The summed E-state index contributed by atoms with van der Waals surface area (Å²) in [4.78, 5) is 0. The third-order valence-electron chi connectivity index (χ3n) is 4.40. The van der Waals surface area contributed by atoms with E-state index in [1.165, 1.54) is 17.2 Å². The average Bonchev–Trinajstić information content (AvgIpc) is 2.69. The minimum absolute atomic E-state index is 0.132. The second-order valence-electron chi connectivity index (χ2n) is 6.58. The minimum atomic E-state index is -0.283. The molecule has 0 aromatic heterocycles. The van der Waals surface area contributed by atoms with Crippen LogP contribution in [0.2, 0.25) is 0 Å². The number of ether oxygens (including phenoxy) is 2. The van der Waals surface area contributed by atoms with Crippen molar-refractivity contribution in [3.8, 4) is 11.5 Å². The summed E-state index contributed by atoms with van der Waals surface area (Å²) in [5.41, 5.74) is 4.05. The fraction of sp³-hybridized carbons (Fsp3) is 0.217. The first kappa shape index (κ1) is 20.4. The van der Waals surface area contributed by atoms with Gasteiger partial charge in [0.05, 0.1) is 11.6 Å². The van der Waals surface area contributed by atoms with Gasteiger partial charge >= 0.3 is 0 Å². The van der Waals surface area contributed by atoms with Gasteiger partial charge in [-0.3, -0.25) is 0 Å². The molecule has 28 heavy (non-hydrogen) atoms. The van der Waals surface area contributed by atoms with Gasteiger partial charge in [-0.05, 0) is 52.2 Å². The van der Waals surface area contributed by atoms with E-state index in [1.54, 1.807) is 25.3 Å². The highest BCUT2D eigenvalue weighted by molar-refractivity contribution is 9.10. The van der Waals surface area contributed by atoms with E-state index in [0.717, 1.165) is 16.6 Å². The summed E-state index contributed by atoms with van der Waals surface area (Å²) >= 11 is 3.55. The summed E-state index contributed by atoms with van der Waals surface area (Å²) in [6.45, 7) is 3.69. The summed E-state index contributed by atoms with van der Waals surface area (Å²) in [7, 11) is 1.60. The second kappa shape index (κ2) is 9.71. The number of aryl methyl sites for hydroxylation is 1. The predicted molar refractivity (Wildman–Crippen MR) is 113 cm³/mol. The molecule has 0 aliphatic heterocycles. The summed E-state index contributed by atoms with van der Waals surface area (Å²) in [6.07, 6.45) is 0. The quantitative estimate of drug-likeness (QED) is 0.478. The molecular weight excluding hydrogens is 421 g/mol. The first-order chi connectivity index (χ1) is 13.6. The third-order valence-corrected chi connectivity index (χ3v) is 4.99. The molecule has 146 valence electrons. The van der Waals surface area contributed by atoms with Crippen molar-refractivity contribution in [3.63, 3.8) is 0 Å². The molecular formula is C23H23BrFNO2. The van der Waals surface area contributed by atoms with E-state index in [4.69, 9.17) is 9.47 Å². The number of benzene rings is 3. The number of methoxy groups -OCH3 is 1. The molecule has 0 amide bonds. The van der Waals surface area contributed by atoms with Crippen molar-refractivity contribution in [2.24, 2.45) is 0 Å². The predicted octanol–water partition coefficient (Wildman–Crippen LogP) is 5.77. The van der Waals surface area contributed by atoms with Gasteiger partial charge in [-0.15, -0.1) is 0 Å². The molecule has 3 rings (SSSR count). The fourth-order valence-electron chi connectivity index (χ4n) is 2.84. The van der Waals surface area contributed by atoms with Gasteiger partial charge in [0.15, 0.2) is 11.5 Å². The third kappa shape index (κ3) is 5.33. The first-order valence-electron chi connectivity index (χ1n) is 9.05. The van der Waals surface area contributed by atoms with Gasteiger partial charge in [-0.1, -0.05) is 48.0 Å². The Labute approximate surface area is 173 Å². The van der Waals surface area contributed by atoms with Crippen molar-refractivity contribution in [1.29, 1.82) is 0 Å². The van der Waals surface area contributed by atoms with Crippen LogP contribution < -0.4 is 14.8 Å². The maximum Gasteiger partial charge on any atom is 0.175 e. The van der Waals surface area contributed by atoms with Crippen LogP contribution in [0.4, 0.5) is 4.39 Å². The largest absolute Gasteiger partial charge is 0.493 e. The fourth-order valence-corrected chi connectivity index (χ4v) is 3.44. The van der Waals surface area contributed by atoms with Crippen molar-refractivity contribution in [1.82, 2.24) is 5.32 Å². The Morgan fingerprint density at radius 1 is 0.964 bits per heavy atom. The molecule has 3 aromatic carbocycles. The minimum Gasteiger partial charge on any atom is -0.493 e. The van der Waals surface area contributed by atoms with E-state index in [9.17, 15) is 4.39 Å². The van der Waals surface area contributed by atoms with Gasteiger partial charge in [0.25, 0.3) is 0 Å². The smallest absolute Gasteiger partial charge is 0.175 e. The summed E-state index contributed by atoms with van der Waals surface area (Å²) in [6, 6.07) is 19.0.